The Kier molecular flexibility index (Phi) is 9.23. The molecule has 37 heavy (non-hydrogen) atoms. The first-order chi connectivity index (χ1) is 18.0. The molecular formula is C25H20O8S4. The lowest BCUT2D eigenvalue weighted by Gasteiger charge is -2.31. The van der Waals surface area contributed by atoms with Gasteiger partial charge in [-0.25, -0.2) is 19.2 Å². The Morgan fingerprint density at radius 1 is 0.486 bits per heavy atom. The molecule has 0 atom stereocenters. The van der Waals surface area contributed by atoms with E-state index in [0.29, 0.717) is 22.3 Å². The molecule has 0 amide bonds. The average molecular weight is 577 g/mol. The van der Waals surface area contributed by atoms with Crippen molar-refractivity contribution in [2.75, 3.05) is 26.4 Å². The maximum atomic E-state index is 12.6. The third-order valence-electron chi connectivity index (χ3n) is 5.07. The Morgan fingerprint density at radius 3 is 0.919 bits per heavy atom. The zero-order valence-corrected chi connectivity index (χ0v) is 22.4. The van der Waals surface area contributed by atoms with Gasteiger partial charge in [0, 0.05) is 21.5 Å². The van der Waals surface area contributed by atoms with Gasteiger partial charge in [-0.15, -0.1) is 0 Å². The second-order valence-electron chi connectivity index (χ2n) is 7.85. The molecule has 0 unspecified atom stereocenters. The highest BCUT2D eigenvalue weighted by atomic mass is 32.1. The number of esters is 4. The summed E-state index contributed by atoms with van der Waals surface area (Å²) in [6, 6.07) is 6.44. The maximum Gasteiger partial charge on any atom is 0.338 e. The van der Waals surface area contributed by atoms with Gasteiger partial charge in [-0.1, -0.05) is 0 Å². The van der Waals surface area contributed by atoms with Crippen LogP contribution in [0.1, 0.15) is 41.4 Å². The molecule has 0 aliphatic carbocycles. The predicted octanol–water partition coefficient (Wildman–Crippen LogP) is 5.65. The van der Waals surface area contributed by atoms with Crippen LogP contribution in [-0.2, 0) is 18.9 Å². The Morgan fingerprint density at radius 2 is 0.730 bits per heavy atom. The largest absolute Gasteiger partial charge is 0.461 e. The first-order valence-electron chi connectivity index (χ1n) is 10.7. The van der Waals surface area contributed by atoms with Crippen molar-refractivity contribution in [3.05, 3.63) is 89.6 Å². The number of carbonyl (C=O) groups excluding carboxylic acids is 4. The Labute approximate surface area is 228 Å². The van der Waals surface area contributed by atoms with Crippen LogP contribution in [0.25, 0.3) is 0 Å². The van der Waals surface area contributed by atoms with Gasteiger partial charge in [-0.2, -0.15) is 45.3 Å². The molecule has 4 heterocycles. The van der Waals surface area contributed by atoms with Gasteiger partial charge in [0.05, 0.1) is 22.3 Å². The highest BCUT2D eigenvalue weighted by molar-refractivity contribution is 7.08. The van der Waals surface area contributed by atoms with Gasteiger partial charge in [0.15, 0.2) is 0 Å². The van der Waals surface area contributed by atoms with Crippen LogP contribution in [0.5, 0.6) is 0 Å². The number of carbonyl (C=O) groups is 4. The van der Waals surface area contributed by atoms with Gasteiger partial charge in [0.2, 0.25) is 0 Å². The third-order valence-corrected chi connectivity index (χ3v) is 7.80. The standard InChI is InChI=1S/C25H20O8S4/c26-21(17-1-5-34-9-17)30-13-25(14-31-22(27)18-2-6-35-10-18,15-32-23(28)19-3-7-36-11-19)16-33-24(29)20-4-8-37-12-20/h1-12H,13-16H2. The number of thiophene rings is 4. The van der Waals surface area contributed by atoms with Crippen LogP contribution in [0.4, 0.5) is 0 Å². The summed E-state index contributed by atoms with van der Waals surface area (Å²) < 4.78 is 22.1. The highest BCUT2D eigenvalue weighted by Crippen LogP contribution is 2.25. The van der Waals surface area contributed by atoms with E-state index < -0.39 is 29.3 Å². The van der Waals surface area contributed by atoms with Crippen LogP contribution >= 0.6 is 45.3 Å². The SMILES string of the molecule is O=C(OCC(COC(=O)c1ccsc1)(COC(=O)c1ccsc1)COC(=O)c1ccsc1)c1ccsc1. The van der Waals surface area contributed by atoms with E-state index in [1.807, 2.05) is 0 Å². The van der Waals surface area contributed by atoms with Crippen molar-refractivity contribution in [1.29, 1.82) is 0 Å². The molecule has 0 spiro atoms. The molecular weight excluding hydrogens is 557 g/mol. The van der Waals surface area contributed by atoms with Gasteiger partial charge in [0.1, 0.15) is 31.8 Å². The zero-order chi connectivity index (χ0) is 26.1. The summed E-state index contributed by atoms with van der Waals surface area (Å²) in [6.07, 6.45) is 0. The molecule has 0 saturated heterocycles. The van der Waals surface area contributed by atoms with Crippen molar-refractivity contribution < 1.29 is 38.1 Å². The Hall–Kier alpha value is -3.32. The summed E-state index contributed by atoms with van der Waals surface area (Å²) >= 11 is 5.33. The monoisotopic (exact) mass is 576 g/mol. The van der Waals surface area contributed by atoms with Crippen molar-refractivity contribution in [1.82, 2.24) is 0 Å². The second-order valence-corrected chi connectivity index (χ2v) is 11.0. The molecule has 8 nitrogen and oxygen atoms in total. The number of ether oxygens (including phenoxy) is 4. The minimum atomic E-state index is -1.37. The van der Waals surface area contributed by atoms with Crippen LogP contribution in [0.2, 0.25) is 0 Å². The average Bonchev–Trinajstić information content (AvgIpc) is 3.74. The van der Waals surface area contributed by atoms with Crippen molar-refractivity contribution in [2.24, 2.45) is 5.41 Å². The minimum absolute atomic E-state index is 0.341. The highest BCUT2D eigenvalue weighted by Gasteiger charge is 2.38. The van der Waals surface area contributed by atoms with Crippen molar-refractivity contribution in [3.8, 4) is 0 Å². The minimum Gasteiger partial charge on any atom is -0.461 e. The number of hydrogen-bond donors (Lipinski definition) is 0. The van der Waals surface area contributed by atoms with Gasteiger partial charge in [-0.05, 0) is 45.8 Å². The predicted molar refractivity (Wildman–Crippen MR) is 141 cm³/mol. The molecule has 0 aliphatic rings. The molecule has 0 radical (unpaired) electrons. The van der Waals surface area contributed by atoms with E-state index in [1.165, 1.54) is 45.3 Å². The summed E-state index contributed by atoms with van der Waals surface area (Å²) in [5.41, 5.74) is 0.0214. The second kappa shape index (κ2) is 12.8. The summed E-state index contributed by atoms with van der Waals surface area (Å²) in [7, 11) is 0. The number of rotatable bonds is 12. The van der Waals surface area contributed by atoms with Crippen molar-refractivity contribution in [2.45, 2.75) is 0 Å². The molecule has 0 aromatic carbocycles. The van der Waals surface area contributed by atoms with Crippen LogP contribution in [0.3, 0.4) is 0 Å². The summed E-state index contributed by atoms with van der Waals surface area (Å²) in [4.78, 5) is 50.4. The van der Waals surface area contributed by atoms with E-state index in [-0.39, 0.29) is 26.4 Å². The molecule has 0 saturated carbocycles. The summed E-state index contributed by atoms with van der Waals surface area (Å²) in [5, 5.41) is 13.5. The molecule has 12 heteroatoms. The van der Waals surface area contributed by atoms with Gasteiger partial charge < -0.3 is 18.9 Å². The lowest BCUT2D eigenvalue weighted by Crippen LogP contribution is -2.44. The molecule has 0 N–H and O–H groups in total. The smallest absolute Gasteiger partial charge is 0.338 e. The summed E-state index contributed by atoms with van der Waals surface area (Å²) in [5.74, 6) is -2.43. The third kappa shape index (κ3) is 7.35. The van der Waals surface area contributed by atoms with Gasteiger partial charge in [0.25, 0.3) is 0 Å². The van der Waals surface area contributed by atoms with E-state index in [1.54, 1.807) is 67.3 Å². The first-order valence-corrected chi connectivity index (χ1v) is 14.5. The van der Waals surface area contributed by atoms with E-state index >= 15 is 0 Å². The van der Waals surface area contributed by atoms with E-state index in [0.717, 1.165) is 0 Å². The topological polar surface area (TPSA) is 105 Å². The van der Waals surface area contributed by atoms with Gasteiger partial charge >= 0.3 is 23.9 Å². The zero-order valence-electron chi connectivity index (χ0n) is 19.2. The van der Waals surface area contributed by atoms with E-state index in [9.17, 15) is 19.2 Å². The fraction of sp³-hybridized carbons (Fsp3) is 0.200. The fourth-order valence-electron chi connectivity index (χ4n) is 2.98. The number of hydrogen-bond acceptors (Lipinski definition) is 12. The quantitative estimate of drug-likeness (QED) is 0.157. The van der Waals surface area contributed by atoms with Crippen molar-refractivity contribution >= 4 is 69.2 Å². The molecule has 4 aromatic heterocycles. The first kappa shape index (κ1) is 26.7. The molecule has 192 valence electrons. The van der Waals surface area contributed by atoms with Crippen LogP contribution < -0.4 is 0 Å². The normalized spacial score (nSPS) is 11.0. The fourth-order valence-corrected chi connectivity index (χ4v) is 5.48. The molecule has 4 rings (SSSR count). The van der Waals surface area contributed by atoms with Crippen LogP contribution in [-0.4, -0.2) is 50.3 Å². The Bertz CT molecular complexity index is 1090. The maximum absolute atomic E-state index is 12.6. The van der Waals surface area contributed by atoms with E-state index in [2.05, 4.69) is 0 Å². The Balaban J connectivity index is 1.54. The van der Waals surface area contributed by atoms with Gasteiger partial charge in [-0.3, -0.25) is 0 Å². The molecule has 0 aliphatic heterocycles. The van der Waals surface area contributed by atoms with Crippen LogP contribution in [0.15, 0.2) is 67.3 Å². The summed E-state index contributed by atoms with van der Waals surface area (Å²) in [6.45, 7) is -1.36. The lowest BCUT2D eigenvalue weighted by molar-refractivity contribution is -0.0641. The molecule has 0 fully saturated rings. The molecule has 0 bridgehead atoms. The van der Waals surface area contributed by atoms with Crippen molar-refractivity contribution in [3.63, 3.8) is 0 Å². The van der Waals surface area contributed by atoms with Crippen LogP contribution in [0, 0.1) is 5.41 Å². The van der Waals surface area contributed by atoms with E-state index in [4.69, 9.17) is 18.9 Å². The lowest BCUT2D eigenvalue weighted by atomic mass is 9.92. The molecule has 4 aromatic rings.